The molecule has 0 radical (unpaired) electrons. The van der Waals surface area contributed by atoms with E-state index in [1.165, 1.54) is 5.56 Å². The summed E-state index contributed by atoms with van der Waals surface area (Å²) in [7, 11) is 3.51. The molecule has 1 aromatic heterocycles. The van der Waals surface area contributed by atoms with Gasteiger partial charge in [0.05, 0.1) is 0 Å². The number of likely N-dealkylation sites (tertiary alicyclic amines) is 1. The van der Waals surface area contributed by atoms with E-state index in [1.807, 2.05) is 31.2 Å². The summed E-state index contributed by atoms with van der Waals surface area (Å²) < 4.78 is 5.42. The first kappa shape index (κ1) is 14.6. The third kappa shape index (κ3) is 2.68. The summed E-state index contributed by atoms with van der Waals surface area (Å²) in [6.07, 6.45) is 1.81. The van der Waals surface area contributed by atoms with Gasteiger partial charge in [-0.2, -0.15) is 4.98 Å². The van der Waals surface area contributed by atoms with Crippen LogP contribution in [0.1, 0.15) is 30.3 Å². The molecule has 1 aromatic carbocycles. The fraction of sp³-hybridized carbons (Fsp3) is 0.438. The Morgan fingerprint density at radius 1 is 1.32 bits per heavy atom. The minimum Gasteiger partial charge on any atom is -0.337 e. The van der Waals surface area contributed by atoms with E-state index in [0.29, 0.717) is 11.7 Å². The zero-order chi connectivity index (χ0) is 15.7. The molecule has 6 nitrogen and oxygen atoms in total. The minimum atomic E-state index is -0.124. The Morgan fingerprint density at radius 3 is 2.73 bits per heavy atom. The van der Waals surface area contributed by atoms with Gasteiger partial charge in [0.2, 0.25) is 11.7 Å². The molecule has 0 N–H and O–H groups in total. The molecular formula is C16H20N4O2. The second-order valence-corrected chi connectivity index (χ2v) is 5.85. The molecule has 1 aliphatic heterocycles. The summed E-state index contributed by atoms with van der Waals surface area (Å²) in [6.45, 7) is 2.76. The van der Waals surface area contributed by atoms with Gasteiger partial charge in [0.15, 0.2) is 0 Å². The van der Waals surface area contributed by atoms with E-state index in [-0.39, 0.29) is 12.1 Å². The van der Waals surface area contributed by atoms with Crippen molar-refractivity contribution >= 4 is 6.03 Å². The van der Waals surface area contributed by atoms with E-state index in [2.05, 4.69) is 10.1 Å². The minimum absolute atomic E-state index is 0.0161. The normalized spacial score (nSPS) is 17.8. The second-order valence-electron chi connectivity index (χ2n) is 5.85. The Morgan fingerprint density at radius 2 is 2.05 bits per heavy atom. The maximum atomic E-state index is 12.2. The van der Waals surface area contributed by atoms with Crippen LogP contribution in [0.15, 0.2) is 28.8 Å². The number of hydrogen-bond acceptors (Lipinski definition) is 4. The molecule has 1 saturated heterocycles. The van der Waals surface area contributed by atoms with Gasteiger partial charge < -0.3 is 14.3 Å². The van der Waals surface area contributed by atoms with E-state index >= 15 is 0 Å². The molecule has 1 aliphatic rings. The topological polar surface area (TPSA) is 62.5 Å². The van der Waals surface area contributed by atoms with Crippen molar-refractivity contribution in [1.29, 1.82) is 0 Å². The van der Waals surface area contributed by atoms with Crippen molar-refractivity contribution in [2.24, 2.45) is 0 Å². The third-order valence-corrected chi connectivity index (χ3v) is 3.92. The maximum Gasteiger partial charge on any atom is 0.320 e. The fourth-order valence-corrected chi connectivity index (χ4v) is 2.70. The summed E-state index contributed by atoms with van der Waals surface area (Å²) in [5, 5.41) is 4.06. The number of rotatable bonds is 2. The van der Waals surface area contributed by atoms with E-state index in [4.69, 9.17) is 4.52 Å². The Kier molecular flexibility index (Phi) is 3.83. The SMILES string of the molecule is Cc1ccc(-c2noc(C3CCCN3C(=O)N(C)C)n2)cc1. The van der Waals surface area contributed by atoms with Crippen molar-refractivity contribution in [3.05, 3.63) is 35.7 Å². The molecule has 1 atom stereocenters. The highest BCUT2D eigenvalue weighted by atomic mass is 16.5. The van der Waals surface area contributed by atoms with Crippen LogP contribution in [-0.2, 0) is 0 Å². The number of hydrogen-bond donors (Lipinski definition) is 0. The van der Waals surface area contributed by atoms with E-state index in [9.17, 15) is 4.79 Å². The van der Waals surface area contributed by atoms with E-state index in [1.54, 1.807) is 23.9 Å². The van der Waals surface area contributed by atoms with Gasteiger partial charge in [-0.15, -0.1) is 0 Å². The van der Waals surface area contributed by atoms with Gasteiger partial charge >= 0.3 is 6.03 Å². The quantitative estimate of drug-likeness (QED) is 0.855. The Labute approximate surface area is 129 Å². The molecule has 22 heavy (non-hydrogen) atoms. The van der Waals surface area contributed by atoms with Crippen LogP contribution in [0.5, 0.6) is 0 Å². The zero-order valence-corrected chi connectivity index (χ0v) is 13.1. The van der Waals surface area contributed by atoms with Crippen LogP contribution in [0.4, 0.5) is 4.79 Å². The number of aryl methyl sites for hydroxylation is 1. The lowest BCUT2D eigenvalue weighted by atomic mass is 10.1. The number of carbonyl (C=O) groups excluding carboxylic acids is 1. The first-order valence-corrected chi connectivity index (χ1v) is 7.45. The average Bonchev–Trinajstić information content (AvgIpc) is 3.15. The lowest BCUT2D eigenvalue weighted by molar-refractivity contribution is 0.156. The van der Waals surface area contributed by atoms with Gasteiger partial charge in [0, 0.05) is 26.2 Å². The fourth-order valence-electron chi connectivity index (χ4n) is 2.70. The van der Waals surface area contributed by atoms with Gasteiger partial charge in [-0.05, 0) is 19.8 Å². The predicted molar refractivity (Wildman–Crippen MR) is 82.2 cm³/mol. The highest BCUT2D eigenvalue weighted by Gasteiger charge is 2.34. The predicted octanol–water partition coefficient (Wildman–Crippen LogP) is 2.86. The number of amides is 2. The van der Waals surface area contributed by atoms with Crippen LogP contribution in [0.3, 0.4) is 0 Å². The molecule has 0 saturated carbocycles. The molecular weight excluding hydrogens is 280 g/mol. The van der Waals surface area contributed by atoms with Crippen molar-refractivity contribution in [3.8, 4) is 11.4 Å². The molecule has 3 rings (SSSR count). The van der Waals surface area contributed by atoms with Crippen LogP contribution in [0, 0.1) is 6.92 Å². The van der Waals surface area contributed by atoms with Gasteiger partial charge in [-0.25, -0.2) is 4.79 Å². The molecule has 0 bridgehead atoms. The summed E-state index contributed by atoms with van der Waals surface area (Å²) >= 11 is 0. The van der Waals surface area contributed by atoms with Crippen LogP contribution in [0.2, 0.25) is 0 Å². The average molecular weight is 300 g/mol. The Balaban J connectivity index is 1.84. The van der Waals surface area contributed by atoms with Crippen LogP contribution in [-0.4, -0.2) is 46.6 Å². The molecule has 0 aliphatic carbocycles. The monoisotopic (exact) mass is 300 g/mol. The first-order chi connectivity index (χ1) is 10.6. The number of aromatic nitrogens is 2. The van der Waals surface area contributed by atoms with Crippen LogP contribution < -0.4 is 0 Å². The lowest BCUT2D eigenvalue weighted by Crippen LogP contribution is -2.38. The Hall–Kier alpha value is -2.37. The van der Waals surface area contributed by atoms with E-state index < -0.39 is 0 Å². The molecule has 2 aromatic rings. The molecule has 1 unspecified atom stereocenters. The van der Waals surface area contributed by atoms with Crippen molar-refractivity contribution in [2.45, 2.75) is 25.8 Å². The lowest BCUT2D eigenvalue weighted by Gasteiger charge is -2.25. The highest BCUT2D eigenvalue weighted by molar-refractivity contribution is 5.74. The molecule has 0 spiro atoms. The molecule has 116 valence electrons. The molecule has 2 heterocycles. The number of nitrogens with zero attached hydrogens (tertiary/aromatic N) is 4. The van der Waals surface area contributed by atoms with Gasteiger partial charge in [0.1, 0.15) is 6.04 Å². The third-order valence-electron chi connectivity index (χ3n) is 3.92. The summed E-state index contributed by atoms with van der Waals surface area (Å²) in [4.78, 5) is 20.1. The summed E-state index contributed by atoms with van der Waals surface area (Å²) in [6, 6.07) is 7.84. The van der Waals surface area contributed by atoms with Gasteiger partial charge in [0.25, 0.3) is 0 Å². The van der Waals surface area contributed by atoms with Crippen molar-refractivity contribution in [2.75, 3.05) is 20.6 Å². The second kappa shape index (κ2) is 5.79. The first-order valence-electron chi connectivity index (χ1n) is 7.45. The summed E-state index contributed by atoms with van der Waals surface area (Å²) in [5.74, 6) is 1.09. The largest absolute Gasteiger partial charge is 0.337 e. The van der Waals surface area contributed by atoms with Gasteiger partial charge in [-0.3, -0.25) is 0 Å². The highest BCUT2D eigenvalue weighted by Crippen LogP contribution is 2.32. The standard InChI is InChI=1S/C16H20N4O2/c1-11-6-8-12(9-7-11)14-17-15(22-18-14)13-5-4-10-20(13)16(21)19(2)3/h6-9,13H,4-5,10H2,1-3H3. The summed E-state index contributed by atoms with van der Waals surface area (Å²) in [5.41, 5.74) is 2.11. The van der Waals surface area contributed by atoms with Crippen molar-refractivity contribution in [1.82, 2.24) is 19.9 Å². The number of urea groups is 1. The Bertz CT molecular complexity index is 663. The molecule has 6 heteroatoms. The smallest absolute Gasteiger partial charge is 0.320 e. The molecule has 1 fully saturated rings. The zero-order valence-electron chi connectivity index (χ0n) is 13.1. The van der Waals surface area contributed by atoms with Crippen LogP contribution >= 0.6 is 0 Å². The molecule has 2 amide bonds. The van der Waals surface area contributed by atoms with Crippen molar-refractivity contribution in [3.63, 3.8) is 0 Å². The number of carbonyl (C=O) groups is 1. The van der Waals surface area contributed by atoms with Gasteiger partial charge in [-0.1, -0.05) is 35.0 Å². The van der Waals surface area contributed by atoms with Crippen LogP contribution in [0.25, 0.3) is 11.4 Å². The van der Waals surface area contributed by atoms with E-state index in [0.717, 1.165) is 24.9 Å². The number of benzene rings is 1. The van der Waals surface area contributed by atoms with Crippen molar-refractivity contribution < 1.29 is 9.32 Å². The maximum absolute atomic E-state index is 12.2.